The van der Waals surface area contributed by atoms with Gasteiger partial charge in [-0.3, -0.25) is 9.59 Å². The second-order valence-corrected chi connectivity index (χ2v) is 9.31. The Hall–Kier alpha value is -3.13. The zero-order chi connectivity index (χ0) is 25.1. The van der Waals surface area contributed by atoms with Crippen molar-refractivity contribution in [3.63, 3.8) is 0 Å². The molecule has 2 fully saturated rings. The number of hydrogen-bond donors (Lipinski definition) is 2. The van der Waals surface area contributed by atoms with Gasteiger partial charge in [0.2, 0.25) is 5.91 Å². The lowest BCUT2D eigenvalue weighted by atomic mass is 9.78. The third-order valence-corrected chi connectivity index (χ3v) is 6.93. The van der Waals surface area contributed by atoms with Crippen LogP contribution in [0.1, 0.15) is 49.7 Å². The summed E-state index contributed by atoms with van der Waals surface area (Å²) in [5.41, 5.74) is 2.72. The van der Waals surface area contributed by atoms with Crippen LogP contribution in [-0.4, -0.2) is 37.3 Å². The van der Waals surface area contributed by atoms with Crippen molar-refractivity contribution in [3.8, 4) is 22.6 Å². The third-order valence-electron chi connectivity index (χ3n) is 6.93. The minimum Gasteiger partial charge on any atom is -0.496 e. The molecule has 0 spiro atoms. The van der Waals surface area contributed by atoms with E-state index in [1.807, 2.05) is 0 Å². The lowest BCUT2D eigenvalue weighted by molar-refractivity contribution is -0.147. The summed E-state index contributed by atoms with van der Waals surface area (Å²) < 4.78 is 32.1. The number of amides is 1. The Morgan fingerprint density at radius 2 is 1.74 bits per heavy atom. The maximum atomic E-state index is 15.5. The second kappa shape index (κ2) is 10.6. The van der Waals surface area contributed by atoms with E-state index in [1.165, 1.54) is 14.2 Å². The second-order valence-electron chi connectivity index (χ2n) is 9.31. The molecule has 1 amide bonds. The van der Waals surface area contributed by atoms with Crippen molar-refractivity contribution < 1.29 is 33.3 Å². The fourth-order valence-corrected chi connectivity index (χ4v) is 4.82. The Bertz CT molecular complexity index is 1110. The number of rotatable bonds is 9. The molecule has 2 aliphatic rings. The van der Waals surface area contributed by atoms with Gasteiger partial charge in [0.1, 0.15) is 5.75 Å². The van der Waals surface area contributed by atoms with E-state index in [2.05, 4.69) is 5.32 Å². The highest BCUT2D eigenvalue weighted by molar-refractivity contribution is 5.95. The highest BCUT2D eigenvalue weighted by Gasteiger charge is 2.35. The van der Waals surface area contributed by atoms with E-state index in [1.54, 1.807) is 31.2 Å². The number of nitrogens with one attached hydrogen (secondary N) is 1. The van der Waals surface area contributed by atoms with Gasteiger partial charge in [0.05, 0.1) is 38.8 Å². The van der Waals surface area contributed by atoms with Crippen LogP contribution >= 0.6 is 0 Å². The highest BCUT2D eigenvalue weighted by Crippen LogP contribution is 2.40. The standard InChI is InChI=1S/C27H32FNO6/c1-15-23(33-2)13-22(24(28)25(15)34-3)19-11-8-17(12-16(19)14-35-18-9-10-18)29-26(30)20-6-4-5-7-21(20)27(31)32/h8,11-13,18,20-21H,4-7,9-10,14H2,1-3H3,(H,29,30)(H,31,32)/t20-,21?/m0/s1. The molecule has 2 N–H and O–H groups in total. The van der Waals surface area contributed by atoms with Gasteiger partial charge in [-0.25, -0.2) is 4.39 Å². The lowest BCUT2D eigenvalue weighted by Crippen LogP contribution is -2.36. The molecule has 7 nitrogen and oxygen atoms in total. The SMILES string of the molecule is COc1cc(-c2ccc(NC(=O)[C@H]3CCCCC3C(=O)O)cc2COC2CC2)c(F)c(OC)c1C. The summed E-state index contributed by atoms with van der Waals surface area (Å²) in [4.78, 5) is 24.6. The fraction of sp³-hybridized carbons (Fsp3) is 0.481. The topological polar surface area (TPSA) is 94.1 Å². The first-order valence-electron chi connectivity index (χ1n) is 12.0. The van der Waals surface area contributed by atoms with Gasteiger partial charge < -0.3 is 24.6 Å². The van der Waals surface area contributed by atoms with Gasteiger partial charge in [0.15, 0.2) is 11.6 Å². The molecular formula is C27H32FNO6. The highest BCUT2D eigenvalue weighted by atomic mass is 19.1. The van der Waals surface area contributed by atoms with E-state index in [9.17, 15) is 14.7 Å². The molecule has 0 bridgehead atoms. The molecule has 0 heterocycles. The summed E-state index contributed by atoms with van der Waals surface area (Å²) in [7, 11) is 2.94. The van der Waals surface area contributed by atoms with Crippen LogP contribution in [0.2, 0.25) is 0 Å². The van der Waals surface area contributed by atoms with Gasteiger partial charge in [0, 0.05) is 16.8 Å². The van der Waals surface area contributed by atoms with Gasteiger partial charge in [0.25, 0.3) is 0 Å². The molecule has 2 aromatic rings. The Morgan fingerprint density at radius 1 is 1.03 bits per heavy atom. The van der Waals surface area contributed by atoms with Crippen LogP contribution in [0.5, 0.6) is 11.5 Å². The molecule has 0 aliphatic heterocycles. The maximum Gasteiger partial charge on any atom is 0.307 e. The summed E-state index contributed by atoms with van der Waals surface area (Å²) in [6.07, 6.45) is 4.86. The molecule has 188 valence electrons. The van der Waals surface area contributed by atoms with Gasteiger partial charge >= 0.3 is 5.97 Å². The van der Waals surface area contributed by atoms with E-state index in [0.29, 0.717) is 46.5 Å². The van der Waals surface area contributed by atoms with Crippen molar-refractivity contribution in [2.45, 2.75) is 58.2 Å². The lowest BCUT2D eigenvalue weighted by Gasteiger charge is -2.27. The minimum atomic E-state index is -0.934. The average Bonchev–Trinajstić information content (AvgIpc) is 3.68. The Balaban J connectivity index is 1.67. The Labute approximate surface area is 204 Å². The first kappa shape index (κ1) is 25.0. The summed E-state index contributed by atoms with van der Waals surface area (Å²) in [5.74, 6) is -2.37. The van der Waals surface area contributed by atoms with Gasteiger partial charge in [-0.2, -0.15) is 0 Å². The van der Waals surface area contributed by atoms with Crippen LogP contribution in [0, 0.1) is 24.6 Å². The van der Waals surface area contributed by atoms with Gasteiger partial charge in [-0.15, -0.1) is 0 Å². The number of hydrogen-bond acceptors (Lipinski definition) is 5. The summed E-state index contributed by atoms with van der Waals surface area (Å²) in [5, 5.41) is 12.4. The van der Waals surface area contributed by atoms with Crippen LogP contribution in [0.3, 0.4) is 0 Å². The van der Waals surface area contributed by atoms with Gasteiger partial charge in [-0.1, -0.05) is 18.9 Å². The van der Waals surface area contributed by atoms with Crippen molar-refractivity contribution in [2.24, 2.45) is 11.8 Å². The van der Waals surface area contributed by atoms with E-state index in [0.717, 1.165) is 25.7 Å². The van der Waals surface area contributed by atoms with Crippen molar-refractivity contribution in [3.05, 3.63) is 41.2 Å². The molecule has 2 aliphatic carbocycles. The first-order chi connectivity index (χ1) is 16.8. The number of carboxylic acid groups (broad SMARTS) is 1. The van der Waals surface area contributed by atoms with Crippen molar-refractivity contribution in [1.29, 1.82) is 0 Å². The van der Waals surface area contributed by atoms with Crippen LogP contribution in [0.15, 0.2) is 24.3 Å². The molecule has 8 heteroatoms. The van der Waals surface area contributed by atoms with E-state index in [-0.39, 0.29) is 24.4 Å². The molecule has 1 unspecified atom stereocenters. The molecule has 2 aromatic carbocycles. The molecule has 0 radical (unpaired) electrons. The normalized spacial score (nSPS) is 19.8. The molecule has 0 saturated heterocycles. The molecule has 4 rings (SSSR count). The third kappa shape index (κ3) is 5.42. The number of aliphatic carboxylic acids is 1. The average molecular weight is 486 g/mol. The number of benzene rings is 2. The predicted molar refractivity (Wildman–Crippen MR) is 129 cm³/mol. The number of halogens is 1. The smallest absolute Gasteiger partial charge is 0.307 e. The fourth-order valence-electron chi connectivity index (χ4n) is 4.82. The molecule has 2 atom stereocenters. The summed E-state index contributed by atoms with van der Waals surface area (Å²) in [6, 6.07) is 6.85. The number of anilines is 1. The Kier molecular flexibility index (Phi) is 7.60. The minimum absolute atomic E-state index is 0.114. The van der Waals surface area contributed by atoms with E-state index < -0.39 is 23.6 Å². The van der Waals surface area contributed by atoms with Gasteiger partial charge in [-0.05, 0) is 61.9 Å². The molecule has 2 saturated carbocycles. The molecule has 35 heavy (non-hydrogen) atoms. The summed E-state index contributed by atoms with van der Waals surface area (Å²) in [6.45, 7) is 1.98. The summed E-state index contributed by atoms with van der Waals surface area (Å²) >= 11 is 0. The van der Waals surface area contributed by atoms with E-state index >= 15 is 4.39 Å². The van der Waals surface area contributed by atoms with Crippen molar-refractivity contribution >= 4 is 17.6 Å². The number of carbonyl (C=O) groups excluding carboxylic acids is 1. The van der Waals surface area contributed by atoms with Crippen molar-refractivity contribution in [1.82, 2.24) is 0 Å². The molecule has 0 aromatic heterocycles. The van der Waals surface area contributed by atoms with Crippen LogP contribution < -0.4 is 14.8 Å². The first-order valence-corrected chi connectivity index (χ1v) is 12.0. The largest absolute Gasteiger partial charge is 0.496 e. The molecular weight excluding hydrogens is 453 g/mol. The monoisotopic (exact) mass is 485 g/mol. The number of carboxylic acids is 1. The number of carbonyl (C=O) groups is 2. The van der Waals surface area contributed by atoms with Crippen LogP contribution in [0.25, 0.3) is 11.1 Å². The Morgan fingerprint density at radius 3 is 2.37 bits per heavy atom. The predicted octanol–water partition coefficient (Wildman–Crippen LogP) is 5.33. The zero-order valence-corrected chi connectivity index (χ0v) is 20.4. The van der Waals surface area contributed by atoms with Crippen LogP contribution in [0.4, 0.5) is 10.1 Å². The van der Waals surface area contributed by atoms with E-state index in [4.69, 9.17) is 14.2 Å². The van der Waals surface area contributed by atoms with Crippen LogP contribution in [-0.2, 0) is 20.9 Å². The zero-order valence-electron chi connectivity index (χ0n) is 20.4. The number of ether oxygens (including phenoxy) is 3. The van der Waals surface area contributed by atoms with Crippen molar-refractivity contribution in [2.75, 3.05) is 19.5 Å². The quantitative estimate of drug-likeness (QED) is 0.499. The number of methoxy groups -OCH3 is 2. The maximum absolute atomic E-state index is 15.5.